The Labute approximate surface area is 164 Å². The summed E-state index contributed by atoms with van der Waals surface area (Å²) in [7, 11) is 3.23. The van der Waals surface area contributed by atoms with Crippen molar-refractivity contribution in [3.8, 4) is 28.5 Å². The molecule has 0 aliphatic carbocycles. The van der Waals surface area contributed by atoms with Gasteiger partial charge in [-0.2, -0.15) is 0 Å². The average Bonchev–Trinajstić information content (AvgIpc) is 2.77. The zero-order valence-corrected chi connectivity index (χ0v) is 15.9. The van der Waals surface area contributed by atoms with Crippen molar-refractivity contribution in [2.75, 3.05) is 14.2 Å². The molecule has 1 heterocycles. The van der Waals surface area contributed by atoms with Gasteiger partial charge in [0.1, 0.15) is 6.61 Å². The normalized spacial score (nSPS) is 10.6. The molecule has 0 amide bonds. The van der Waals surface area contributed by atoms with E-state index in [1.54, 1.807) is 14.2 Å². The van der Waals surface area contributed by atoms with Gasteiger partial charge in [0.2, 0.25) is 5.75 Å². The van der Waals surface area contributed by atoms with Crippen molar-refractivity contribution in [3.63, 3.8) is 0 Å². The largest absolute Gasteiger partial charge is 0.493 e. The summed E-state index contributed by atoms with van der Waals surface area (Å²) in [5.41, 5.74) is 3.79. The number of pyridine rings is 1. The van der Waals surface area contributed by atoms with Gasteiger partial charge in [-0.25, -0.2) is 4.98 Å². The van der Waals surface area contributed by atoms with Crippen LogP contribution in [0.5, 0.6) is 17.2 Å². The number of para-hydroxylation sites is 1. The molecule has 3 aromatic carbocycles. The fourth-order valence-corrected chi connectivity index (χ4v) is 3.15. The predicted molar refractivity (Wildman–Crippen MR) is 111 cm³/mol. The minimum atomic E-state index is 0.439. The maximum Gasteiger partial charge on any atom is 0.203 e. The van der Waals surface area contributed by atoms with Crippen molar-refractivity contribution in [3.05, 3.63) is 84.4 Å². The first kappa shape index (κ1) is 17.9. The second-order valence-electron chi connectivity index (χ2n) is 6.37. The van der Waals surface area contributed by atoms with Crippen LogP contribution in [0.15, 0.2) is 78.9 Å². The molecular weight excluding hydrogens is 350 g/mol. The molecular formula is C24H21NO3. The maximum atomic E-state index is 6.07. The summed E-state index contributed by atoms with van der Waals surface area (Å²) in [6, 6.07) is 26.0. The molecule has 0 unspecified atom stereocenters. The van der Waals surface area contributed by atoms with Crippen LogP contribution in [0.4, 0.5) is 0 Å². The molecule has 0 aliphatic rings. The van der Waals surface area contributed by atoms with Gasteiger partial charge in [-0.1, -0.05) is 54.6 Å². The van der Waals surface area contributed by atoms with Crippen LogP contribution >= 0.6 is 0 Å². The van der Waals surface area contributed by atoms with E-state index in [1.807, 2.05) is 66.7 Å². The van der Waals surface area contributed by atoms with Gasteiger partial charge in [-0.05, 0) is 29.8 Å². The van der Waals surface area contributed by atoms with Crippen molar-refractivity contribution in [1.82, 2.24) is 4.98 Å². The molecule has 0 saturated heterocycles. The van der Waals surface area contributed by atoms with E-state index in [0.29, 0.717) is 23.9 Å². The highest BCUT2D eigenvalue weighted by molar-refractivity contribution is 5.82. The van der Waals surface area contributed by atoms with Crippen LogP contribution in [-0.4, -0.2) is 19.2 Å². The van der Waals surface area contributed by atoms with E-state index in [2.05, 4.69) is 12.1 Å². The Kier molecular flexibility index (Phi) is 5.11. The predicted octanol–water partition coefficient (Wildman–Crippen LogP) is 5.50. The van der Waals surface area contributed by atoms with Crippen molar-refractivity contribution in [2.45, 2.75) is 6.61 Å². The Morgan fingerprint density at radius 1 is 0.750 bits per heavy atom. The number of hydrogen-bond donors (Lipinski definition) is 0. The summed E-state index contributed by atoms with van der Waals surface area (Å²) in [6.45, 7) is 0.439. The van der Waals surface area contributed by atoms with Gasteiger partial charge >= 0.3 is 0 Å². The molecule has 4 heteroatoms. The second-order valence-corrected chi connectivity index (χ2v) is 6.37. The van der Waals surface area contributed by atoms with Gasteiger partial charge in [0.25, 0.3) is 0 Å². The summed E-state index contributed by atoms with van der Waals surface area (Å²) in [6.07, 6.45) is 0. The number of nitrogens with zero attached hydrogens (tertiary/aromatic N) is 1. The first-order valence-electron chi connectivity index (χ1n) is 9.07. The lowest BCUT2D eigenvalue weighted by molar-refractivity contribution is 0.275. The SMILES string of the molecule is COc1cc(-c2ccc3ccccc3n2)cc(OCc2ccccc2)c1OC. The van der Waals surface area contributed by atoms with Gasteiger partial charge in [-0.15, -0.1) is 0 Å². The molecule has 0 N–H and O–H groups in total. The molecule has 0 radical (unpaired) electrons. The molecule has 4 nitrogen and oxygen atoms in total. The number of methoxy groups -OCH3 is 2. The first-order chi connectivity index (χ1) is 13.8. The van der Waals surface area contributed by atoms with Gasteiger partial charge in [0.15, 0.2) is 11.5 Å². The number of hydrogen-bond acceptors (Lipinski definition) is 4. The lowest BCUT2D eigenvalue weighted by atomic mass is 10.1. The number of aromatic nitrogens is 1. The van der Waals surface area contributed by atoms with Crippen LogP contribution in [0.3, 0.4) is 0 Å². The van der Waals surface area contributed by atoms with Crippen LogP contribution in [0.2, 0.25) is 0 Å². The van der Waals surface area contributed by atoms with E-state index < -0.39 is 0 Å². The van der Waals surface area contributed by atoms with E-state index in [-0.39, 0.29) is 0 Å². The van der Waals surface area contributed by atoms with Crippen LogP contribution in [0, 0.1) is 0 Å². The molecule has 0 atom stereocenters. The number of ether oxygens (including phenoxy) is 3. The van der Waals surface area contributed by atoms with E-state index in [1.165, 1.54) is 0 Å². The Balaban J connectivity index is 1.74. The van der Waals surface area contributed by atoms with Crippen molar-refractivity contribution >= 4 is 10.9 Å². The zero-order chi connectivity index (χ0) is 19.3. The molecule has 1 aromatic heterocycles. The summed E-state index contributed by atoms with van der Waals surface area (Å²) in [4.78, 5) is 4.78. The summed E-state index contributed by atoms with van der Waals surface area (Å²) < 4.78 is 17.2. The number of rotatable bonds is 6. The lowest BCUT2D eigenvalue weighted by Crippen LogP contribution is -2.00. The Morgan fingerprint density at radius 3 is 2.29 bits per heavy atom. The molecule has 28 heavy (non-hydrogen) atoms. The van der Waals surface area contributed by atoms with E-state index in [0.717, 1.165) is 27.7 Å². The third-order valence-electron chi connectivity index (χ3n) is 4.58. The molecule has 4 rings (SSSR count). The number of benzene rings is 3. The van der Waals surface area contributed by atoms with Crippen LogP contribution in [0.1, 0.15) is 5.56 Å². The quantitative estimate of drug-likeness (QED) is 0.449. The van der Waals surface area contributed by atoms with Crippen molar-refractivity contribution < 1.29 is 14.2 Å². The monoisotopic (exact) mass is 371 g/mol. The molecule has 0 saturated carbocycles. The minimum absolute atomic E-state index is 0.439. The third kappa shape index (κ3) is 3.62. The zero-order valence-electron chi connectivity index (χ0n) is 15.9. The van der Waals surface area contributed by atoms with Gasteiger partial charge < -0.3 is 14.2 Å². The van der Waals surface area contributed by atoms with Gasteiger partial charge in [0, 0.05) is 10.9 Å². The van der Waals surface area contributed by atoms with Crippen molar-refractivity contribution in [2.24, 2.45) is 0 Å². The lowest BCUT2D eigenvalue weighted by Gasteiger charge is -2.16. The van der Waals surface area contributed by atoms with E-state index in [4.69, 9.17) is 19.2 Å². The van der Waals surface area contributed by atoms with Gasteiger partial charge in [-0.3, -0.25) is 0 Å². The highest BCUT2D eigenvalue weighted by atomic mass is 16.5. The fraction of sp³-hybridized carbons (Fsp3) is 0.125. The first-order valence-corrected chi connectivity index (χ1v) is 9.07. The van der Waals surface area contributed by atoms with Crippen molar-refractivity contribution in [1.29, 1.82) is 0 Å². The van der Waals surface area contributed by atoms with Gasteiger partial charge in [0.05, 0.1) is 25.4 Å². The molecule has 4 aromatic rings. The third-order valence-corrected chi connectivity index (χ3v) is 4.58. The van der Waals surface area contributed by atoms with Crippen LogP contribution < -0.4 is 14.2 Å². The minimum Gasteiger partial charge on any atom is -0.493 e. The van der Waals surface area contributed by atoms with Crippen LogP contribution in [-0.2, 0) is 6.61 Å². The highest BCUT2D eigenvalue weighted by Gasteiger charge is 2.16. The fourth-order valence-electron chi connectivity index (χ4n) is 3.15. The Morgan fingerprint density at radius 2 is 1.50 bits per heavy atom. The molecule has 0 spiro atoms. The molecule has 0 fully saturated rings. The topological polar surface area (TPSA) is 40.6 Å². The second kappa shape index (κ2) is 8.01. The smallest absolute Gasteiger partial charge is 0.203 e. The maximum absolute atomic E-state index is 6.07. The van der Waals surface area contributed by atoms with Crippen LogP contribution in [0.25, 0.3) is 22.2 Å². The summed E-state index contributed by atoms with van der Waals surface area (Å²) >= 11 is 0. The summed E-state index contributed by atoms with van der Waals surface area (Å²) in [5, 5.41) is 1.10. The Hall–Kier alpha value is -3.53. The van der Waals surface area contributed by atoms with E-state index >= 15 is 0 Å². The Bertz CT molecular complexity index is 1090. The average molecular weight is 371 g/mol. The molecule has 0 aliphatic heterocycles. The standard InChI is InChI=1S/C24H21NO3/c1-26-22-14-19(21-13-12-18-10-6-7-11-20(18)25-21)15-23(24(22)27-2)28-16-17-8-4-3-5-9-17/h3-15H,16H2,1-2H3. The van der Waals surface area contributed by atoms with E-state index in [9.17, 15) is 0 Å². The number of fused-ring (bicyclic) bond motifs is 1. The molecule has 0 bridgehead atoms. The molecule has 140 valence electrons. The highest BCUT2D eigenvalue weighted by Crippen LogP contribution is 2.41. The summed E-state index contributed by atoms with van der Waals surface area (Å²) in [5.74, 6) is 1.80.